The summed E-state index contributed by atoms with van der Waals surface area (Å²) in [4.78, 5) is 110. The number of nitrogens with zero attached hydrogens (tertiary/aromatic N) is 6. The Hall–Kier alpha value is -5.57. The molecule has 8 atom stereocenters. The Labute approximate surface area is 391 Å². The van der Waals surface area contributed by atoms with Crippen molar-refractivity contribution in [3.63, 3.8) is 0 Å². The quantitative estimate of drug-likeness (QED) is 0.205. The van der Waals surface area contributed by atoms with E-state index in [9.17, 15) is 33.6 Å². The molecular formula is C51H73N7O8. The number of likely N-dealkylation sites (N-methyl/N-ethyl adjacent to an activating group) is 3. The van der Waals surface area contributed by atoms with Gasteiger partial charge in [0.1, 0.15) is 36.0 Å². The number of ether oxygens (including phenoxy) is 1. The fourth-order valence-corrected chi connectivity index (χ4v) is 10.00. The fraction of sp³-hybridized carbons (Fsp3) is 0.588. The second-order valence-electron chi connectivity index (χ2n) is 19.2. The lowest BCUT2D eigenvalue weighted by Gasteiger charge is -2.40. The van der Waals surface area contributed by atoms with Crippen molar-refractivity contribution in [2.24, 2.45) is 17.8 Å². The van der Waals surface area contributed by atoms with Crippen molar-refractivity contribution in [2.75, 3.05) is 48.4 Å². The number of benzene rings is 2. The van der Waals surface area contributed by atoms with Crippen LogP contribution in [0.5, 0.6) is 0 Å². The molecule has 0 bridgehead atoms. The van der Waals surface area contributed by atoms with E-state index in [0.717, 1.165) is 11.1 Å². The maximum Gasteiger partial charge on any atom is 0.257 e. The van der Waals surface area contributed by atoms with Gasteiger partial charge in [-0.3, -0.25) is 43.4 Å². The smallest absolute Gasteiger partial charge is 0.257 e. The second kappa shape index (κ2) is 22.8. The van der Waals surface area contributed by atoms with Crippen molar-refractivity contribution in [3.8, 4) is 0 Å². The number of carbonyl (C=O) groups excluding carboxylic acids is 7. The SMILES string of the molecule is CC[C@@H](C)[C@H](C(=O)N1CCC[C@H]1C(=O)N1C(=O)C=C(OC)[C@@H]1C(C)C)N(C)C(=O)[C@@H]1CCCN1C(=O)[C@H](C(C)C)N(C)C(=O)[C@@H](Cc1ccccc1)NC(=O)[C@H](Cc1ccccc1)N(C)C. The predicted octanol–water partition coefficient (Wildman–Crippen LogP) is 4.15. The Morgan fingerprint density at radius 1 is 0.742 bits per heavy atom. The average molecular weight is 912 g/mol. The topological polar surface area (TPSA) is 160 Å². The molecule has 360 valence electrons. The molecule has 3 heterocycles. The lowest BCUT2D eigenvalue weighted by Crippen LogP contribution is -2.61. The summed E-state index contributed by atoms with van der Waals surface area (Å²) < 4.78 is 5.48. The van der Waals surface area contributed by atoms with E-state index < -0.39 is 65.9 Å². The van der Waals surface area contributed by atoms with Crippen molar-refractivity contribution in [1.82, 2.24) is 34.7 Å². The fourth-order valence-electron chi connectivity index (χ4n) is 10.00. The molecule has 3 aliphatic heterocycles. The average Bonchev–Trinajstić information content (AvgIpc) is 4.07. The number of hydrogen-bond acceptors (Lipinski definition) is 9. The van der Waals surface area contributed by atoms with Crippen LogP contribution in [0, 0.1) is 17.8 Å². The number of rotatable bonds is 19. The summed E-state index contributed by atoms with van der Waals surface area (Å²) in [7, 11) is 8.29. The van der Waals surface area contributed by atoms with E-state index in [4.69, 9.17) is 4.74 Å². The number of imide groups is 1. The van der Waals surface area contributed by atoms with Gasteiger partial charge >= 0.3 is 0 Å². The first-order valence-corrected chi connectivity index (χ1v) is 23.7. The standard InChI is InChI=1S/C51H73N7O8/c1-12-34(6)45(51(65)57-28-20-26-39(57)49(63)58-42(59)31-41(66-11)43(58)32(2)3)55(10)48(62)38-25-19-27-56(38)50(64)44(33(4)5)54(9)47(61)37(29-35-21-15-13-16-22-35)52-46(60)40(53(7)8)30-36-23-17-14-18-24-36/h13-18,21-24,31-34,37-40,43-45H,12,19-20,25-30H2,1-11H3,(H,52,60)/t34-,37-,38+,39+,40+,43+,44+,45-/m1/s1. The molecule has 2 aromatic carbocycles. The molecule has 0 saturated carbocycles. The molecule has 2 saturated heterocycles. The number of amides is 7. The Bertz CT molecular complexity index is 2080. The molecule has 5 rings (SSSR count). The lowest BCUT2D eigenvalue weighted by atomic mass is 9.94. The number of likely N-dealkylation sites (tertiary alicyclic amines) is 2. The van der Waals surface area contributed by atoms with Gasteiger partial charge in [0.15, 0.2) is 0 Å². The second-order valence-corrected chi connectivity index (χ2v) is 19.2. The van der Waals surface area contributed by atoms with Crippen molar-refractivity contribution in [3.05, 3.63) is 83.6 Å². The van der Waals surface area contributed by atoms with Crippen LogP contribution in [0.3, 0.4) is 0 Å². The van der Waals surface area contributed by atoms with Crippen LogP contribution < -0.4 is 5.32 Å². The number of carbonyl (C=O) groups is 7. The molecule has 0 aliphatic carbocycles. The Kier molecular flexibility index (Phi) is 17.7. The molecule has 0 unspecified atom stereocenters. The summed E-state index contributed by atoms with van der Waals surface area (Å²) in [5.74, 6) is -3.26. The van der Waals surface area contributed by atoms with E-state index >= 15 is 0 Å². The summed E-state index contributed by atoms with van der Waals surface area (Å²) in [6, 6.07) is 13.2. The number of methoxy groups -OCH3 is 1. The molecule has 2 fully saturated rings. The molecule has 0 spiro atoms. The monoisotopic (exact) mass is 912 g/mol. The van der Waals surface area contributed by atoms with Gasteiger partial charge in [0.05, 0.1) is 19.2 Å². The van der Waals surface area contributed by atoms with Crippen LogP contribution in [0.1, 0.15) is 84.8 Å². The molecule has 1 N–H and O–H groups in total. The molecular weight excluding hydrogens is 839 g/mol. The zero-order valence-corrected chi connectivity index (χ0v) is 40.9. The number of hydrogen-bond donors (Lipinski definition) is 1. The Morgan fingerprint density at radius 2 is 1.27 bits per heavy atom. The van der Waals surface area contributed by atoms with Gasteiger partial charge < -0.3 is 29.7 Å². The van der Waals surface area contributed by atoms with E-state index in [1.165, 1.54) is 32.8 Å². The highest BCUT2D eigenvalue weighted by molar-refractivity contribution is 6.07. The molecule has 2 aromatic rings. The van der Waals surface area contributed by atoms with Gasteiger partial charge in [0.25, 0.3) is 11.8 Å². The van der Waals surface area contributed by atoms with Crippen LogP contribution in [-0.2, 0) is 51.1 Å². The minimum atomic E-state index is -0.999. The van der Waals surface area contributed by atoms with E-state index in [0.29, 0.717) is 50.8 Å². The van der Waals surface area contributed by atoms with Crippen molar-refractivity contribution < 1.29 is 38.3 Å². The van der Waals surface area contributed by atoms with Gasteiger partial charge in [-0.2, -0.15) is 0 Å². The van der Waals surface area contributed by atoms with Gasteiger partial charge in [-0.1, -0.05) is 109 Å². The van der Waals surface area contributed by atoms with Crippen LogP contribution in [-0.4, -0.2) is 161 Å². The molecule has 15 nitrogen and oxygen atoms in total. The maximum atomic E-state index is 14.9. The third-order valence-corrected chi connectivity index (χ3v) is 13.8. The first-order valence-electron chi connectivity index (χ1n) is 23.7. The van der Waals surface area contributed by atoms with Crippen LogP contribution in [0.25, 0.3) is 0 Å². The maximum absolute atomic E-state index is 14.9. The minimum Gasteiger partial charge on any atom is -0.499 e. The zero-order valence-electron chi connectivity index (χ0n) is 40.9. The normalized spacial score (nSPS) is 20.8. The van der Waals surface area contributed by atoms with Gasteiger partial charge in [-0.05, 0) is 75.1 Å². The molecule has 0 aromatic heterocycles. The van der Waals surface area contributed by atoms with Crippen molar-refractivity contribution in [2.45, 2.75) is 129 Å². The largest absolute Gasteiger partial charge is 0.499 e. The molecule has 0 radical (unpaired) electrons. The highest BCUT2D eigenvalue weighted by Crippen LogP contribution is 2.32. The highest BCUT2D eigenvalue weighted by Gasteiger charge is 2.49. The summed E-state index contributed by atoms with van der Waals surface area (Å²) in [5, 5.41) is 3.05. The Morgan fingerprint density at radius 3 is 1.79 bits per heavy atom. The molecule has 66 heavy (non-hydrogen) atoms. The zero-order chi connectivity index (χ0) is 48.6. The molecule has 15 heteroatoms. The summed E-state index contributed by atoms with van der Waals surface area (Å²) >= 11 is 0. The van der Waals surface area contributed by atoms with Crippen molar-refractivity contribution in [1.29, 1.82) is 0 Å². The third kappa shape index (κ3) is 11.3. The first-order chi connectivity index (χ1) is 31.3. The van der Waals surface area contributed by atoms with Gasteiger partial charge in [-0.25, -0.2) is 0 Å². The van der Waals surface area contributed by atoms with Crippen LogP contribution in [0.4, 0.5) is 0 Å². The Balaban J connectivity index is 1.36. The molecule has 3 aliphatic rings. The first kappa shape index (κ1) is 51.4. The van der Waals surface area contributed by atoms with E-state index in [1.54, 1.807) is 19.0 Å². The van der Waals surface area contributed by atoms with Crippen LogP contribution >= 0.6 is 0 Å². The third-order valence-electron chi connectivity index (χ3n) is 13.8. The predicted molar refractivity (Wildman–Crippen MR) is 252 cm³/mol. The van der Waals surface area contributed by atoms with Gasteiger partial charge in [0, 0.05) is 39.7 Å². The summed E-state index contributed by atoms with van der Waals surface area (Å²) in [5.41, 5.74) is 1.82. The lowest BCUT2D eigenvalue weighted by molar-refractivity contribution is -0.157. The minimum absolute atomic E-state index is 0.123. The van der Waals surface area contributed by atoms with Crippen LogP contribution in [0.2, 0.25) is 0 Å². The molecule has 7 amide bonds. The van der Waals surface area contributed by atoms with Gasteiger partial charge in [-0.15, -0.1) is 0 Å². The van der Waals surface area contributed by atoms with E-state index in [1.807, 2.05) is 121 Å². The van der Waals surface area contributed by atoms with Crippen molar-refractivity contribution >= 4 is 41.4 Å². The van der Waals surface area contributed by atoms with E-state index in [-0.39, 0.29) is 48.4 Å². The highest BCUT2D eigenvalue weighted by atomic mass is 16.5. The summed E-state index contributed by atoms with van der Waals surface area (Å²) in [6.45, 7) is 11.9. The summed E-state index contributed by atoms with van der Waals surface area (Å²) in [6.07, 6.45) is 4.36. The number of nitrogens with one attached hydrogen (secondary N) is 1. The van der Waals surface area contributed by atoms with E-state index in [2.05, 4.69) is 5.32 Å². The van der Waals surface area contributed by atoms with Gasteiger partial charge in [0.2, 0.25) is 29.5 Å². The van der Waals surface area contributed by atoms with Crippen LogP contribution in [0.15, 0.2) is 72.5 Å².